The van der Waals surface area contributed by atoms with E-state index in [0.717, 1.165) is 18.5 Å². The van der Waals surface area contributed by atoms with Crippen LogP contribution >= 0.6 is 0 Å². The lowest BCUT2D eigenvalue weighted by Gasteiger charge is -2.41. The number of nitrogens with one attached hydrogen (secondary N) is 3. The average Bonchev–Trinajstić information content (AvgIpc) is 3.13. The highest BCUT2D eigenvalue weighted by atomic mass is 16.2. The largest absolute Gasteiger partial charge is 0.361 e. The Labute approximate surface area is 169 Å². The lowest BCUT2D eigenvalue weighted by atomic mass is 9.80. The molecule has 0 saturated heterocycles. The van der Waals surface area contributed by atoms with Gasteiger partial charge in [0.2, 0.25) is 11.8 Å². The molecule has 2 amide bonds. The van der Waals surface area contributed by atoms with E-state index in [2.05, 4.69) is 58.3 Å². The quantitative estimate of drug-likeness (QED) is 0.249. The molecule has 0 radical (unpaired) electrons. The van der Waals surface area contributed by atoms with Crippen LogP contribution in [0.2, 0.25) is 0 Å². The fourth-order valence-electron chi connectivity index (χ4n) is 4.68. The predicted octanol–water partition coefficient (Wildman–Crippen LogP) is -0.681. The number of fused-ring (bicyclic) bond motifs is 2. The Morgan fingerprint density at radius 3 is 2.66 bits per heavy atom. The molecule has 0 bridgehead atoms. The van der Waals surface area contributed by atoms with Crippen LogP contribution in [-0.2, 0) is 16.0 Å². The first-order valence-electron chi connectivity index (χ1n) is 9.72. The van der Waals surface area contributed by atoms with Gasteiger partial charge in [-0.15, -0.1) is 0 Å². The predicted molar refractivity (Wildman–Crippen MR) is 111 cm³/mol. The van der Waals surface area contributed by atoms with Crippen molar-refractivity contribution < 1.29 is 9.59 Å². The van der Waals surface area contributed by atoms with Crippen LogP contribution in [0, 0.1) is 5.92 Å². The van der Waals surface area contributed by atoms with E-state index in [1.807, 2.05) is 0 Å². The standard InChI is InChI=1S/C20H27N7O2/c1-26-8-12(9-27(10-18(28)24-21)11-19(29)25-22)5-15-14-3-2-4-16-20(14)13(7-23-16)6-17(15)26/h2-5,7,12,17,23H,6,8-11,21-22H2,1H3,(H,24,28)(H,25,29)/t12-,17-/m1/s1. The number of aromatic amines is 1. The second kappa shape index (κ2) is 7.96. The molecule has 154 valence electrons. The Morgan fingerprint density at radius 2 is 1.97 bits per heavy atom. The van der Waals surface area contributed by atoms with Crippen molar-refractivity contribution in [1.82, 2.24) is 25.6 Å². The van der Waals surface area contributed by atoms with Crippen LogP contribution in [0.4, 0.5) is 0 Å². The smallest absolute Gasteiger partial charge is 0.248 e. The molecule has 2 atom stereocenters. The maximum atomic E-state index is 11.8. The molecule has 0 saturated carbocycles. The summed E-state index contributed by atoms with van der Waals surface area (Å²) in [5.74, 6) is 9.94. The normalized spacial score (nSPS) is 21.0. The van der Waals surface area contributed by atoms with Crippen molar-refractivity contribution in [3.63, 3.8) is 0 Å². The average molecular weight is 397 g/mol. The Bertz CT molecular complexity index is 949. The number of hydrazine groups is 2. The molecule has 1 aliphatic carbocycles. The van der Waals surface area contributed by atoms with Crippen LogP contribution in [0.5, 0.6) is 0 Å². The van der Waals surface area contributed by atoms with E-state index in [1.165, 1.54) is 22.1 Å². The van der Waals surface area contributed by atoms with E-state index < -0.39 is 0 Å². The summed E-state index contributed by atoms with van der Waals surface area (Å²) >= 11 is 0. The van der Waals surface area contributed by atoms with E-state index in [1.54, 1.807) is 4.90 Å². The fourth-order valence-corrected chi connectivity index (χ4v) is 4.68. The molecule has 4 rings (SSSR count). The summed E-state index contributed by atoms with van der Waals surface area (Å²) in [6.07, 6.45) is 5.40. The van der Waals surface area contributed by atoms with Crippen molar-refractivity contribution in [3.05, 3.63) is 41.6 Å². The van der Waals surface area contributed by atoms with E-state index in [9.17, 15) is 9.59 Å². The maximum absolute atomic E-state index is 11.8. The van der Waals surface area contributed by atoms with Crippen LogP contribution in [0.3, 0.4) is 0 Å². The number of rotatable bonds is 6. The molecule has 1 aromatic carbocycles. The molecular formula is C20H27N7O2. The Balaban J connectivity index is 1.62. The lowest BCUT2D eigenvalue weighted by Crippen LogP contribution is -2.49. The van der Waals surface area contributed by atoms with Gasteiger partial charge in [0, 0.05) is 42.1 Å². The van der Waals surface area contributed by atoms with Crippen LogP contribution < -0.4 is 22.5 Å². The van der Waals surface area contributed by atoms with Gasteiger partial charge >= 0.3 is 0 Å². The summed E-state index contributed by atoms with van der Waals surface area (Å²) in [5, 5.41) is 1.30. The number of amides is 2. The number of aromatic nitrogens is 1. The van der Waals surface area contributed by atoms with Crippen molar-refractivity contribution in [3.8, 4) is 0 Å². The summed E-state index contributed by atoms with van der Waals surface area (Å²) in [5.41, 5.74) is 9.33. The summed E-state index contributed by atoms with van der Waals surface area (Å²) < 4.78 is 0. The van der Waals surface area contributed by atoms with Crippen molar-refractivity contribution >= 4 is 28.3 Å². The van der Waals surface area contributed by atoms with E-state index in [4.69, 9.17) is 11.7 Å². The highest BCUT2D eigenvalue weighted by molar-refractivity contribution is 5.98. The van der Waals surface area contributed by atoms with Gasteiger partial charge in [-0.1, -0.05) is 18.2 Å². The minimum absolute atomic E-state index is 0.0360. The Kier molecular flexibility index (Phi) is 5.37. The van der Waals surface area contributed by atoms with Gasteiger partial charge < -0.3 is 4.98 Å². The van der Waals surface area contributed by atoms with Gasteiger partial charge in [0.15, 0.2) is 0 Å². The summed E-state index contributed by atoms with van der Waals surface area (Å²) in [7, 11) is 2.13. The third kappa shape index (κ3) is 3.77. The molecule has 2 aliphatic rings. The molecule has 2 heterocycles. The molecule has 29 heavy (non-hydrogen) atoms. The first-order valence-corrected chi connectivity index (χ1v) is 9.72. The number of benzene rings is 1. The van der Waals surface area contributed by atoms with E-state index in [0.29, 0.717) is 12.6 Å². The van der Waals surface area contributed by atoms with Gasteiger partial charge in [-0.05, 0) is 36.2 Å². The third-order valence-corrected chi connectivity index (χ3v) is 5.89. The number of hydrogen-bond acceptors (Lipinski definition) is 6. The first kappa shape index (κ1) is 19.6. The van der Waals surface area contributed by atoms with E-state index >= 15 is 0 Å². The Hall–Kier alpha value is -2.72. The zero-order valence-electron chi connectivity index (χ0n) is 16.4. The number of nitrogens with two attached hydrogens (primary N) is 2. The molecule has 9 nitrogen and oxygen atoms in total. The minimum Gasteiger partial charge on any atom is -0.361 e. The monoisotopic (exact) mass is 397 g/mol. The summed E-state index contributed by atoms with van der Waals surface area (Å²) in [4.78, 5) is 31.1. The van der Waals surface area contributed by atoms with Gasteiger partial charge in [0.25, 0.3) is 0 Å². The molecule has 2 aromatic rings. The van der Waals surface area contributed by atoms with Gasteiger partial charge in [-0.2, -0.15) is 0 Å². The Morgan fingerprint density at radius 1 is 1.24 bits per heavy atom. The lowest BCUT2D eigenvalue weighted by molar-refractivity contribution is -0.125. The molecule has 7 N–H and O–H groups in total. The molecule has 1 aromatic heterocycles. The molecule has 9 heteroatoms. The fraction of sp³-hybridized carbons (Fsp3) is 0.400. The topological polar surface area (TPSA) is 133 Å². The van der Waals surface area contributed by atoms with Crippen molar-refractivity contribution in [2.75, 3.05) is 33.2 Å². The first-order chi connectivity index (χ1) is 14.0. The SMILES string of the molecule is CN1C[C@H](CN(CC(=O)NN)CC(=O)NN)C=C2c3cccc4[nH]cc(c34)C[C@H]21. The number of hydrogen-bond donors (Lipinski definition) is 5. The van der Waals surface area contributed by atoms with Crippen LogP contribution in [0.15, 0.2) is 30.5 Å². The van der Waals surface area contributed by atoms with Crippen LogP contribution in [0.1, 0.15) is 11.1 Å². The summed E-state index contributed by atoms with van der Waals surface area (Å²) in [6, 6.07) is 6.68. The number of carbonyl (C=O) groups is 2. The van der Waals surface area contributed by atoms with Crippen LogP contribution in [-0.4, -0.2) is 65.9 Å². The number of likely N-dealkylation sites (N-methyl/N-ethyl adjacent to an activating group) is 1. The molecule has 0 unspecified atom stereocenters. The van der Waals surface area contributed by atoms with Gasteiger partial charge in [0.1, 0.15) is 0 Å². The van der Waals surface area contributed by atoms with Gasteiger partial charge in [-0.25, -0.2) is 11.7 Å². The zero-order chi connectivity index (χ0) is 20.5. The molecule has 0 spiro atoms. The van der Waals surface area contributed by atoms with Gasteiger partial charge in [-0.3, -0.25) is 30.2 Å². The van der Waals surface area contributed by atoms with Crippen molar-refractivity contribution in [2.24, 2.45) is 17.6 Å². The highest BCUT2D eigenvalue weighted by Crippen LogP contribution is 2.40. The summed E-state index contributed by atoms with van der Waals surface area (Å²) in [6.45, 7) is 1.47. The van der Waals surface area contributed by atoms with Gasteiger partial charge in [0.05, 0.1) is 13.1 Å². The second-order valence-electron chi connectivity index (χ2n) is 7.89. The number of nitrogens with zero attached hydrogens (tertiary/aromatic N) is 2. The zero-order valence-corrected chi connectivity index (χ0v) is 16.4. The second-order valence-corrected chi connectivity index (χ2v) is 7.89. The molecule has 0 fully saturated rings. The molecule has 1 aliphatic heterocycles. The van der Waals surface area contributed by atoms with Crippen molar-refractivity contribution in [1.29, 1.82) is 0 Å². The van der Waals surface area contributed by atoms with Crippen molar-refractivity contribution in [2.45, 2.75) is 12.5 Å². The highest BCUT2D eigenvalue weighted by Gasteiger charge is 2.34. The third-order valence-electron chi connectivity index (χ3n) is 5.89. The van der Waals surface area contributed by atoms with Crippen LogP contribution in [0.25, 0.3) is 16.5 Å². The molecular weight excluding hydrogens is 370 g/mol. The minimum atomic E-state index is -0.344. The number of H-pyrrole nitrogens is 1. The van der Waals surface area contributed by atoms with E-state index in [-0.39, 0.29) is 30.8 Å². The number of carbonyl (C=O) groups excluding carboxylic acids is 2. The maximum Gasteiger partial charge on any atom is 0.248 e.